The molecule has 4 heterocycles. The summed E-state index contributed by atoms with van der Waals surface area (Å²) in [5, 5.41) is 26.5. The lowest BCUT2D eigenvalue weighted by molar-refractivity contribution is -0.384. The van der Waals surface area contributed by atoms with Gasteiger partial charge in [0.2, 0.25) is 0 Å². The van der Waals surface area contributed by atoms with Crippen molar-refractivity contribution in [3.63, 3.8) is 0 Å². The molecule has 10 rings (SSSR count). The maximum atomic E-state index is 14.1. The van der Waals surface area contributed by atoms with Crippen molar-refractivity contribution in [2.75, 3.05) is 63.6 Å². The molecule has 2 aliphatic heterocycles. The summed E-state index contributed by atoms with van der Waals surface area (Å²) in [4.78, 5) is 39.9. The summed E-state index contributed by atoms with van der Waals surface area (Å²) in [6.07, 6.45) is 7.85. The molecule has 4 aliphatic rings. The quantitative estimate of drug-likeness (QED) is 0.0497. The highest BCUT2D eigenvalue weighted by atomic mass is 32.2. The zero-order chi connectivity index (χ0) is 56.9. The van der Waals surface area contributed by atoms with Gasteiger partial charge in [-0.3, -0.25) is 24.7 Å². The number of hydrogen-bond donors (Lipinski definition) is 4. The molecule has 2 saturated carbocycles. The monoisotopic (exact) mass is 1030 g/mol. The molecule has 390 valence electrons. The number of nitrogens with one attached hydrogen (secondary N) is 3. The minimum atomic E-state index is -4.64. The van der Waals surface area contributed by atoms with E-state index in [1.54, 1.807) is 43.5 Å². The first-order valence-corrected chi connectivity index (χ1v) is 26.7. The smallest absolute Gasteiger partial charge is 0.293 e. The third kappa shape index (κ3) is 10.6. The third-order valence-corrected chi connectivity index (χ3v) is 16.9. The summed E-state index contributed by atoms with van der Waals surface area (Å²) in [6, 6.07) is 25.6. The Balaban J connectivity index is 0.839. The van der Waals surface area contributed by atoms with E-state index in [4.69, 9.17) is 22.4 Å². The van der Waals surface area contributed by atoms with Crippen LogP contribution in [0.3, 0.4) is 0 Å². The number of fused-ring (bicyclic) bond motifs is 1. The molecule has 6 aromatic rings. The number of piperazine rings is 1. The lowest BCUT2D eigenvalue weighted by Crippen LogP contribution is -2.68. The summed E-state index contributed by atoms with van der Waals surface area (Å²) in [7, 11) is -10.3. The molecule has 2 aliphatic carbocycles. The van der Waals surface area contributed by atoms with Crippen LogP contribution in [0.25, 0.3) is 11.0 Å². The number of aromatic amines is 1. The number of anilines is 2. The Morgan fingerprint density at radius 3 is 2.53 bits per heavy atom. The zero-order valence-electron chi connectivity index (χ0n) is 47.7. The van der Waals surface area contributed by atoms with Gasteiger partial charge in [0.05, 0.1) is 49.5 Å². The number of nitrogens with zero attached hydrogens (tertiary/aromatic N) is 5. The number of hydrogen-bond acceptors (Lipinski definition) is 14. The molecule has 1 amide bonds. The molecule has 4 aromatic carbocycles. The molecule has 0 unspecified atom stereocenters. The SMILES string of the molecule is [2H]C([2H])([2H])Oc1ccc(CN2CCN(C3CC4(C3)CN(c3ccc(C(=O)NS(=O)(=O)c5ccc(NCC6CCC(C)(O)CC6)c([N+](=O)[O-])c5)c(Oc5cnc6[nH]ccc6c5)c3)C4)[C@H](c3ccccc3C(C)C)C2)cc1OC([2H])([2H])[2H]. The summed E-state index contributed by atoms with van der Waals surface area (Å²) < 4.78 is 92.4. The fourth-order valence-corrected chi connectivity index (χ4v) is 12.5. The van der Waals surface area contributed by atoms with E-state index in [2.05, 4.69) is 72.8 Å². The van der Waals surface area contributed by atoms with Gasteiger partial charge in [0.25, 0.3) is 21.6 Å². The maximum Gasteiger partial charge on any atom is 0.293 e. The summed E-state index contributed by atoms with van der Waals surface area (Å²) in [5.41, 5.74) is 3.55. The Morgan fingerprint density at radius 1 is 0.973 bits per heavy atom. The highest BCUT2D eigenvalue weighted by molar-refractivity contribution is 7.90. The molecule has 2 saturated heterocycles. The number of nitro groups is 1. The Labute approximate surface area is 440 Å². The number of rotatable bonds is 17. The molecular weight excluding hydrogens is 961 g/mol. The van der Waals surface area contributed by atoms with E-state index in [0.717, 1.165) is 74.6 Å². The van der Waals surface area contributed by atoms with Gasteiger partial charge in [-0.05, 0) is 123 Å². The van der Waals surface area contributed by atoms with Crippen molar-refractivity contribution in [3.05, 3.63) is 136 Å². The number of methoxy groups -OCH3 is 2. The molecule has 4 fully saturated rings. The van der Waals surface area contributed by atoms with Crippen LogP contribution in [0, 0.1) is 21.4 Å². The largest absolute Gasteiger partial charge is 0.493 e. The Bertz CT molecular complexity index is 3390. The number of amides is 1. The van der Waals surface area contributed by atoms with Crippen LogP contribution < -0.4 is 29.1 Å². The summed E-state index contributed by atoms with van der Waals surface area (Å²) >= 11 is 0. The van der Waals surface area contributed by atoms with E-state index in [-0.39, 0.29) is 57.8 Å². The third-order valence-electron chi connectivity index (χ3n) is 15.6. The van der Waals surface area contributed by atoms with E-state index in [0.29, 0.717) is 43.9 Å². The van der Waals surface area contributed by atoms with Gasteiger partial charge in [-0.25, -0.2) is 18.1 Å². The van der Waals surface area contributed by atoms with Gasteiger partial charge in [0.15, 0.2) is 11.5 Å². The van der Waals surface area contributed by atoms with Crippen LogP contribution in [0.1, 0.15) is 107 Å². The number of carbonyl (C=O) groups excluding carboxylic acids is 1. The van der Waals surface area contributed by atoms with Crippen molar-refractivity contribution >= 4 is 44.0 Å². The Morgan fingerprint density at radius 2 is 1.76 bits per heavy atom. The first-order chi connectivity index (χ1) is 37.8. The van der Waals surface area contributed by atoms with Crippen molar-refractivity contribution in [2.24, 2.45) is 11.3 Å². The standard InChI is InChI=1S/C56H66N8O9S/c1-36(2)44-8-6-7-9-45(44)49-33-61(32-38-10-15-50(71-4)52(24-38)72-5)22-23-63(49)41-28-56(29-41)34-62(35-56)40-11-13-46(51(26-40)73-42-25-39-18-21-57-53(39)59-31-42)54(65)60-74(69,70)43-12-14-47(48(27-43)64(67)68)58-30-37-16-19-55(3,66)20-17-37/h6-15,18,21,24-27,31,36-37,41,49,58,66H,16-17,19-20,22-23,28-30,32-35H2,1-5H3,(H,57,59)(H,60,65)/t37?,49-,55?/m0/s1/i4D3,5D3. The summed E-state index contributed by atoms with van der Waals surface area (Å²) in [5.74, 6) is -0.501. The predicted molar refractivity (Wildman–Crippen MR) is 284 cm³/mol. The van der Waals surface area contributed by atoms with Crippen LogP contribution in [0.2, 0.25) is 0 Å². The number of benzene rings is 4. The van der Waals surface area contributed by atoms with E-state index >= 15 is 0 Å². The van der Waals surface area contributed by atoms with Gasteiger partial charge in [-0.2, -0.15) is 0 Å². The Hall–Kier alpha value is -6.73. The summed E-state index contributed by atoms with van der Waals surface area (Å²) in [6.45, 7) is 10.7. The number of ether oxygens (including phenoxy) is 3. The molecule has 17 nitrogen and oxygen atoms in total. The van der Waals surface area contributed by atoms with Crippen molar-refractivity contribution in [2.45, 2.75) is 94.3 Å². The topological polar surface area (TPSA) is 205 Å². The van der Waals surface area contributed by atoms with Crippen LogP contribution in [-0.4, -0.2) is 109 Å². The van der Waals surface area contributed by atoms with Crippen molar-refractivity contribution < 1.29 is 45.7 Å². The second-order valence-corrected chi connectivity index (χ2v) is 22.9. The van der Waals surface area contributed by atoms with Crippen LogP contribution in [0.15, 0.2) is 108 Å². The zero-order valence-corrected chi connectivity index (χ0v) is 42.5. The number of sulfonamides is 1. The molecule has 74 heavy (non-hydrogen) atoms. The van der Waals surface area contributed by atoms with Gasteiger partial charge < -0.3 is 34.5 Å². The number of aromatic nitrogens is 2. The molecule has 2 aromatic heterocycles. The number of H-pyrrole nitrogens is 1. The fraction of sp³-hybridized carbons (Fsp3) is 0.429. The molecule has 18 heteroatoms. The average molecular weight is 1030 g/mol. The highest BCUT2D eigenvalue weighted by Gasteiger charge is 2.55. The van der Waals surface area contributed by atoms with Crippen molar-refractivity contribution in [1.82, 2.24) is 24.5 Å². The van der Waals surface area contributed by atoms with Gasteiger partial charge in [-0.1, -0.05) is 44.2 Å². The van der Waals surface area contributed by atoms with E-state index in [9.17, 15) is 28.4 Å². The van der Waals surface area contributed by atoms with Gasteiger partial charge in [-0.15, -0.1) is 0 Å². The molecular formula is C56H66N8O9S. The number of aliphatic hydroxyl groups is 1. The van der Waals surface area contributed by atoms with E-state index in [1.165, 1.54) is 41.6 Å². The lowest BCUT2D eigenvalue weighted by Gasteiger charge is -2.63. The van der Waals surface area contributed by atoms with Gasteiger partial charge in [0.1, 0.15) is 22.8 Å². The van der Waals surface area contributed by atoms with Crippen LogP contribution in [0.5, 0.6) is 23.0 Å². The van der Waals surface area contributed by atoms with Crippen LogP contribution in [0.4, 0.5) is 17.1 Å². The van der Waals surface area contributed by atoms with Crippen molar-refractivity contribution in [1.29, 1.82) is 0 Å². The second kappa shape index (κ2) is 20.5. The first kappa shape index (κ1) is 43.6. The molecule has 1 atom stereocenters. The number of nitro benzene ring substituents is 1. The molecule has 0 radical (unpaired) electrons. The van der Waals surface area contributed by atoms with Gasteiger partial charge >= 0.3 is 0 Å². The van der Waals surface area contributed by atoms with E-state index < -0.39 is 51.1 Å². The van der Waals surface area contributed by atoms with Crippen LogP contribution >= 0.6 is 0 Å². The van der Waals surface area contributed by atoms with Crippen molar-refractivity contribution in [3.8, 4) is 23.0 Å². The molecule has 0 bridgehead atoms. The molecule has 4 N–H and O–H groups in total. The first-order valence-electron chi connectivity index (χ1n) is 28.2. The molecule has 1 spiro atoms. The normalized spacial score (nSPS) is 22.8. The Kier molecular flexibility index (Phi) is 12.1. The van der Waals surface area contributed by atoms with Crippen LogP contribution in [-0.2, 0) is 16.6 Å². The lowest BCUT2D eigenvalue weighted by atomic mass is 9.59. The highest BCUT2D eigenvalue weighted by Crippen LogP contribution is 2.54. The number of carbonyl (C=O) groups is 1. The number of pyridine rings is 1. The second-order valence-electron chi connectivity index (χ2n) is 21.2. The minimum absolute atomic E-state index is 0.0294. The van der Waals surface area contributed by atoms with E-state index in [1.807, 2.05) is 6.07 Å². The minimum Gasteiger partial charge on any atom is -0.493 e. The average Bonchev–Trinajstić information content (AvgIpc) is 3.98. The fourth-order valence-electron chi connectivity index (χ4n) is 11.6. The maximum absolute atomic E-state index is 14.1. The van der Waals surface area contributed by atoms with Gasteiger partial charge in [0, 0.05) is 92.7 Å². The predicted octanol–water partition coefficient (Wildman–Crippen LogP) is 9.40.